The molecule has 1 N–H and O–H groups in total. The molecule has 0 atom stereocenters. The van der Waals surface area contributed by atoms with Crippen molar-refractivity contribution in [1.82, 2.24) is 0 Å². The van der Waals surface area contributed by atoms with E-state index in [1.165, 1.54) is 12.1 Å². The average Bonchev–Trinajstić information content (AvgIpc) is 2.42. The van der Waals surface area contributed by atoms with Crippen LogP contribution in [0.25, 0.3) is 0 Å². The normalized spacial score (nSPS) is 10.3. The summed E-state index contributed by atoms with van der Waals surface area (Å²) in [7, 11) is 0. The number of amides is 1. The number of hydrogen-bond acceptors (Lipinski definition) is 1. The van der Waals surface area contributed by atoms with Crippen LogP contribution in [0.4, 0.5) is 10.1 Å². The predicted octanol–water partition coefficient (Wildman–Crippen LogP) is 4.74. The third-order valence-electron chi connectivity index (χ3n) is 2.55. The van der Waals surface area contributed by atoms with E-state index in [9.17, 15) is 9.18 Å². The number of hydrogen-bond donors (Lipinski definition) is 1. The number of anilines is 1. The van der Waals surface area contributed by atoms with Crippen molar-refractivity contribution in [1.29, 1.82) is 0 Å². The molecule has 0 unspecified atom stereocenters. The Morgan fingerprint density at radius 2 is 1.84 bits per heavy atom. The van der Waals surface area contributed by atoms with Crippen molar-refractivity contribution < 1.29 is 9.18 Å². The van der Waals surface area contributed by atoms with E-state index in [4.69, 9.17) is 0 Å². The third kappa shape index (κ3) is 3.64. The molecule has 0 aliphatic carbocycles. The molecule has 0 bridgehead atoms. The Kier molecular flexibility index (Phi) is 4.71. The van der Waals surface area contributed by atoms with Gasteiger partial charge in [-0.2, -0.15) is 0 Å². The summed E-state index contributed by atoms with van der Waals surface area (Å²) in [6.45, 7) is 0. The number of alkyl halides is 1. The molecule has 0 aliphatic heterocycles. The first-order valence-electron chi connectivity index (χ1n) is 5.51. The van der Waals surface area contributed by atoms with Gasteiger partial charge in [0.05, 0.1) is 4.47 Å². The summed E-state index contributed by atoms with van der Waals surface area (Å²) < 4.78 is 13.7. The van der Waals surface area contributed by atoms with Crippen molar-refractivity contribution in [2.75, 3.05) is 5.32 Å². The summed E-state index contributed by atoms with van der Waals surface area (Å²) in [5, 5.41) is 3.48. The lowest BCUT2D eigenvalue weighted by Crippen LogP contribution is -2.12. The molecule has 0 fully saturated rings. The van der Waals surface area contributed by atoms with Crippen LogP contribution in [0.15, 0.2) is 46.9 Å². The van der Waals surface area contributed by atoms with Gasteiger partial charge in [0.15, 0.2) is 0 Å². The molecule has 0 aromatic heterocycles. The lowest BCUT2D eigenvalue weighted by molar-refractivity contribution is 0.102. The Morgan fingerprint density at radius 3 is 2.42 bits per heavy atom. The van der Waals surface area contributed by atoms with Crippen LogP contribution in [-0.2, 0) is 5.33 Å². The molecule has 0 heterocycles. The van der Waals surface area contributed by atoms with Crippen molar-refractivity contribution in [3.63, 3.8) is 0 Å². The molecule has 2 rings (SSSR count). The van der Waals surface area contributed by atoms with E-state index >= 15 is 0 Å². The number of carbonyl (C=O) groups excluding carboxylic acids is 1. The van der Waals surface area contributed by atoms with Crippen molar-refractivity contribution in [2.24, 2.45) is 0 Å². The molecule has 0 saturated heterocycles. The smallest absolute Gasteiger partial charge is 0.255 e. The van der Waals surface area contributed by atoms with Crippen molar-refractivity contribution in [3.8, 4) is 0 Å². The SMILES string of the molecule is O=C(Nc1ccc(CBr)cc1)c1ccc(Br)c(F)c1. The number of carbonyl (C=O) groups is 1. The maximum Gasteiger partial charge on any atom is 0.255 e. The van der Waals surface area contributed by atoms with Crippen molar-refractivity contribution in [3.05, 3.63) is 63.9 Å². The van der Waals surface area contributed by atoms with Gasteiger partial charge in [-0.25, -0.2) is 4.39 Å². The van der Waals surface area contributed by atoms with E-state index < -0.39 is 5.82 Å². The largest absolute Gasteiger partial charge is 0.322 e. The van der Waals surface area contributed by atoms with E-state index in [-0.39, 0.29) is 11.5 Å². The standard InChI is InChI=1S/C14H10Br2FNO/c15-8-9-1-4-11(5-2-9)18-14(19)10-3-6-12(16)13(17)7-10/h1-7H,8H2,(H,18,19). The fourth-order valence-corrected chi connectivity index (χ4v) is 2.14. The van der Waals surface area contributed by atoms with Gasteiger partial charge in [-0.15, -0.1) is 0 Å². The van der Waals surface area contributed by atoms with Crippen LogP contribution in [0.2, 0.25) is 0 Å². The fourth-order valence-electron chi connectivity index (χ4n) is 1.52. The van der Waals surface area contributed by atoms with Gasteiger partial charge in [-0.1, -0.05) is 28.1 Å². The second kappa shape index (κ2) is 6.30. The Balaban J connectivity index is 2.13. The first kappa shape index (κ1) is 14.2. The first-order chi connectivity index (χ1) is 9.10. The zero-order valence-corrected chi connectivity index (χ0v) is 13.0. The quantitative estimate of drug-likeness (QED) is 0.758. The van der Waals surface area contributed by atoms with Gasteiger partial charge in [-0.05, 0) is 51.8 Å². The molecule has 0 aliphatic rings. The molecule has 0 radical (unpaired) electrons. The lowest BCUT2D eigenvalue weighted by atomic mass is 10.2. The molecule has 2 nitrogen and oxygen atoms in total. The molecular formula is C14H10Br2FNO. The molecule has 0 saturated carbocycles. The second-order valence-corrected chi connectivity index (χ2v) is 5.33. The summed E-state index contributed by atoms with van der Waals surface area (Å²) >= 11 is 6.40. The molecule has 19 heavy (non-hydrogen) atoms. The zero-order valence-electron chi connectivity index (χ0n) is 9.79. The Bertz CT molecular complexity index is 599. The Hall–Kier alpha value is -1.20. The minimum atomic E-state index is -0.456. The van der Waals surface area contributed by atoms with E-state index in [0.29, 0.717) is 10.2 Å². The summed E-state index contributed by atoms with van der Waals surface area (Å²) in [5.41, 5.74) is 2.08. The van der Waals surface area contributed by atoms with Crippen LogP contribution in [0.1, 0.15) is 15.9 Å². The highest BCUT2D eigenvalue weighted by atomic mass is 79.9. The summed E-state index contributed by atoms with van der Waals surface area (Å²) in [6.07, 6.45) is 0. The Morgan fingerprint density at radius 1 is 1.16 bits per heavy atom. The fraction of sp³-hybridized carbons (Fsp3) is 0.0714. The summed E-state index contributed by atoms with van der Waals surface area (Å²) in [4.78, 5) is 11.9. The maximum absolute atomic E-state index is 13.3. The van der Waals surface area contributed by atoms with E-state index in [1.54, 1.807) is 6.07 Å². The minimum absolute atomic E-state index is 0.283. The molecule has 98 valence electrons. The molecule has 1 amide bonds. The van der Waals surface area contributed by atoms with Crippen LogP contribution in [-0.4, -0.2) is 5.91 Å². The number of rotatable bonds is 3. The van der Waals surface area contributed by atoms with Gasteiger partial charge in [0.2, 0.25) is 0 Å². The number of nitrogens with one attached hydrogen (secondary N) is 1. The van der Waals surface area contributed by atoms with Crippen LogP contribution < -0.4 is 5.32 Å². The van der Waals surface area contributed by atoms with Gasteiger partial charge in [0.25, 0.3) is 5.91 Å². The first-order valence-corrected chi connectivity index (χ1v) is 7.43. The van der Waals surface area contributed by atoms with Crippen LogP contribution >= 0.6 is 31.9 Å². The van der Waals surface area contributed by atoms with E-state index in [1.807, 2.05) is 24.3 Å². The van der Waals surface area contributed by atoms with E-state index in [2.05, 4.69) is 37.2 Å². The lowest BCUT2D eigenvalue weighted by Gasteiger charge is -2.06. The topological polar surface area (TPSA) is 29.1 Å². The highest BCUT2D eigenvalue weighted by Gasteiger charge is 2.08. The van der Waals surface area contributed by atoms with Gasteiger partial charge < -0.3 is 5.32 Å². The van der Waals surface area contributed by atoms with Crippen molar-refractivity contribution in [2.45, 2.75) is 5.33 Å². The summed E-state index contributed by atoms with van der Waals surface area (Å²) in [6, 6.07) is 11.7. The molecule has 5 heteroatoms. The van der Waals surface area contributed by atoms with Gasteiger partial charge >= 0.3 is 0 Å². The average molecular weight is 387 g/mol. The highest BCUT2D eigenvalue weighted by molar-refractivity contribution is 9.10. The number of benzene rings is 2. The molecule has 2 aromatic rings. The van der Waals surface area contributed by atoms with E-state index in [0.717, 1.165) is 10.9 Å². The molecule has 2 aromatic carbocycles. The van der Waals surface area contributed by atoms with Crippen LogP contribution in [0.5, 0.6) is 0 Å². The van der Waals surface area contributed by atoms with Crippen molar-refractivity contribution >= 4 is 43.5 Å². The minimum Gasteiger partial charge on any atom is -0.322 e. The van der Waals surface area contributed by atoms with Gasteiger partial charge in [-0.3, -0.25) is 4.79 Å². The summed E-state index contributed by atoms with van der Waals surface area (Å²) in [5.74, 6) is -0.791. The second-order valence-electron chi connectivity index (χ2n) is 3.91. The number of halogens is 3. The van der Waals surface area contributed by atoms with Crippen LogP contribution in [0.3, 0.4) is 0 Å². The predicted molar refractivity (Wildman–Crippen MR) is 81.1 cm³/mol. The molecular weight excluding hydrogens is 377 g/mol. The third-order valence-corrected chi connectivity index (χ3v) is 3.84. The highest BCUT2D eigenvalue weighted by Crippen LogP contribution is 2.18. The maximum atomic E-state index is 13.3. The Labute approximate surface area is 127 Å². The van der Waals surface area contributed by atoms with Gasteiger partial charge in [0, 0.05) is 16.6 Å². The zero-order chi connectivity index (χ0) is 13.8. The van der Waals surface area contributed by atoms with Crippen LogP contribution in [0, 0.1) is 5.82 Å². The molecule has 0 spiro atoms. The monoisotopic (exact) mass is 385 g/mol. The van der Waals surface area contributed by atoms with Gasteiger partial charge in [0.1, 0.15) is 5.82 Å².